The van der Waals surface area contributed by atoms with Gasteiger partial charge in [-0.25, -0.2) is 4.68 Å². The number of nitrogens with zero attached hydrogens (tertiary/aromatic N) is 3. The smallest absolute Gasteiger partial charge is 0.295 e. The number of piperidine rings is 1. The second-order valence-electron chi connectivity index (χ2n) is 8.07. The van der Waals surface area contributed by atoms with Crippen molar-refractivity contribution in [2.24, 2.45) is 13.0 Å². The van der Waals surface area contributed by atoms with Crippen LogP contribution >= 0.6 is 11.6 Å². The van der Waals surface area contributed by atoms with Crippen LogP contribution in [0.15, 0.2) is 59.4 Å². The van der Waals surface area contributed by atoms with Crippen LogP contribution < -0.4 is 10.9 Å². The molecule has 0 aliphatic carbocycles. The SMILES string of the molecule is Cc1c(NC(=O)C2CCN(Cc3ccccc3Cl)CC2)c(=O)n(-c2ccccc2)n1C. The van der Waals surface area contributed by atoms with Gasteiger partial charge >= 0.3 is 0 Å². The van der Waals surface area contributed by atoms with Crippen LogP contribution in [0.1, 0.15) is 24.1 Å². The molecule has 1 amide bonds. The van der Waals surface area contributed by atoms with Crippen LogP contribution in [0.25, 0.3) is 5.69 Å². The van der Waals surface area contributed by atoms with Gasteiger partial charge in [0.2, 0.25) is 5.91 Å². The second-order valence-corrected chi connectivity index (χ2v) is 8.47. The summed E-state index contributed by atoms with van der Waals surface area (Å²) in [5.41, 5.74) is 2.75. The first-order valence-corrected chi connectivity index (χ1v) is 10.9. The lowest BCUT2D eigenvalue weighted by Gasteiger charge is -2.31. The number of likely N-dealkylation sites (tertiary alicyclic amines) is 1. The lowest BCUT2D eigenvalue weighted by atomic mass is 9.95. The topological polar surface area (TPSA) is 59.3 Å². The Hall–Kier alpha value is -2.83. The Morgan fingerprint density at radius 1 is 1.06 bits per heavy atom. The van der Waals surface area contributed by atoms with Gasteiger partial charge in [-0.3, -0.25) is 19.2 Å². The maximum absolute atomic E-state index is 13.0. The molecule has 2 aromatic carbocycles. The van der Waals surface area contributed by atoms with E-state index in [0.717, 1.165) is 54.4 Å². The van der Waals surface area contributed by atoms with Crippen molar-refractivity contribution in [1.29, 1.82) is 0 Å². The molecule has 0 radical (unpaired) electrons. The summed E-state index contributed by atoms with van der Waals surface area (Å²) in [7, 11) is 1.83. The zero-order valence-corrected chi connectivity index (χ0v) is 18.6. The normalized spacial score (nSPS) is 15.2. The molecular weight excluding hydrogens is 412 g/mol. The summed E-state index contributed by atoms with van der Waals surface area (Å²) in [6, 6.07) is 17.3. The molecule has 1 fully saturated rings. The van der Waals surface area contributed by atoms with E-state index in [-0.39, 0.29) is 17.4 Å². The van der Waals surface area contributed by atoms with Crippen LogP contribution in [0.3, 0.4) is 0 Å². The molecule has 4 rings (SSSR count). The minimum Gasteiger partial charge on any atom is -0.320 e. The summed E-state index contributed by atoms with van der Waals surface area (Å²) < 4.78 is 3.36. The zero-order chi connectivity index (χ0) is 22.0. The number of anilines is 1. The number of amides is 1. The highest BCUT2D eigenvalue weighted by Crippen LogP contribution is 2.24. The highest BCUT2D eigenvalue weighted by atomic mass is 35.5. The molecule has 0 bridgehead atoms. The van der Waals surface area contributed by atoms with Crippen molar-refractivity contribution in [1.82, 2.24) is 14.3 Å². The van der Waals surface area contributed by atoms with Crippen molar-refractivity contribution in [2.75, 3.05) is 18.4 Å². The molecule has 0 spiro atoms. The third-order valence-electron chi connectivity index (χ3n) is 6.11. The van der Waals surface area contributed by atoms with Crippen LogP contribution in [0.2, 0.25) is 5.02 Å². The van der Waals surface area contributed by atoms with E-state index in [1.54, 1.807) is 9.36 Å². The van der Waals surface area contributed by atoms with Crippen LogP contribution in [0, 0.1) is 12.8 Å². The minimum atomic E-state index is -0.212. The van der Waals surface area contributed by atoms with E-state index in [9.17, 15) is 9.59 Å². The Balaban J connectivity index is 1.42. The van der Waals surface area contributed by atoms with Crippen LogP contribution in [-0.4, -0.2) is 33.3 Å². The van der Waals surface area contributed by atoms with Gasteiger partial charge in [0, 0.05) is 24.5 Å². The minimum absolute atomic E-state index is 0.0802. The van der Waals surface area contributed by atoms with E-state index < -0.39 is 0 Å². The van der Waals surface area contributed by atoms with Gasteiger partial charge in [0.1, 0.15) is 5.69 Å². The zero-order valence-electron chi connectivity index (χ0n) is 17.8. The standard InChI is InChI=1S/C24H27ClN4O2/c1-17-22(24(31)29(27(17)2)20-9-4-3-5-10-20)26-23(30)18-12-14-28(15-13-18)16-19-8-6-7-11-21(19)25/h3-11,18H,12-16H2,1-2H3,(H,26,30). The monoisotopic (exact) mass is 438 g/mol. The van der Waals surface area contributed by atoms with Gasteiger partial charge in [-0.2, -0.15) is 0 Å². The first-order valence-electron chi connectivity index (χ1n) is 10.6. The van der Waals surface area contributed by atoms with Gasteiger partial charge in [0.05, 0.1) is 11.4 Å². The molecule has 1 saturated heterocycles. The van der Waals surface area contributed by atoms with Crippen molar-refractivity contribution in [3.8, 4) is 5.69 Å². The van der Waals surface area contributed by atoms with Gasteiger partial charge in [0.25, 0.3) is 5.56 Å². The number of aromatic nitrogens is 2. The summed E-state index contributed by atoms with van der Waals surface area (Å²) >= 11 is 6.28. The number of benzene rings is 2. The second kappa shape index (κ2) is 9.12. The van der Waals surface area contributed by atoms with Crippen molar-refractivity contribution >= 4 is 23.2 Å². The largest absolute Gasteiger partial charge is 0.320 e. The Kier molecular flexibility index (Phi) is 6.30. The number of rotatable bonds is 5. The average molecular weight is 439 g/mol. The summed E-state index contributed by atoms with van der Waals surface area (Å²) in [5.74, 6) is -0.185. The summed E-state index contributed by atoms with van der Waals surface area (Å²) in [5, 5.41) is 3.69. The molecule has 1 aromatic heterocycles. The predicted octanol–water partition coefficient (Wildman–Crippen LogP) is 3.99. The van der Waals surface area contributed by atoms with Crippen molar-refractivity contribution < 1.29 is 4.79 Å². The van der Waals surface area contributed by atoms with E-state index in [0.29, 0.717) is 5.69 Å². The van der Waals surface area contributed by atoms with Crippen molar-refractivity contribution in [3.63, 3.8) is 0 Å². The fraction of sp³-hybridized carbons (Fsp3) is 0.333. The quantitative estimate of drug-likeness (QED) is 0.655. The third kappa shape index (κ3) is 4.45. The highest BCUT2D eigenvalue weighted by Gasteiger charge is 2.27. The van der Waals surface area contributed by atoms with E-state index in [4.69, 9.17) is 11.6 Å². The van der Waals surface area contributed by atoms with Gasteiger partial charge < -0.3 is 5.32 Å². The maximum Gasteiger partial charge on any atom is 0.295 e. The number of hydrogen-bond donors (Lipinski definition) is 1. The Morgan fingerprint density at radius 3 is 2.39 bits per heavy atom. The molecule has 1 N–H and O–H groups in total. The third-order valence-corrected chi connectivity index (χ3v) is 6.48. The number of carbonyl (C=O) groups excluding carboxylic acids is 1. The molecule has 31 heavy (non-hydrogen) atoms. The van der Waals surface area contributed by atoms with Gasteiger partial charge in [0.15, 0.2) is 0 Å². The van der Waals surface area contributed by atoms with Crippen LogP contribution in [-0.2, 0) is 18.4 Å². The molecule has 0 atom stereocenters. The van der Waals surface area contributed by atoms with Gasteiger partial charge in [-0.05, 0) is 56.6 Å². The predicted molar refractivity (Wildman–Crippen MR) is 124 cm³/mol. The first-order chi connectivity index (χ1) is 15.0. The Morgan fingerprint density at radius 2 is 1.71 bits per heavy atom. The van der Waals surface area contributed by atoms with E-state index in [2.05, 4.69) is 10.2 Å². The summed E-state index contributed by atoms with van der Waals surface area (Å²) in [4.78, 5) is 28.3. The van der Waals surface area contributed by atoms with Gasteiger partial charge in [-0.15, -0.1) is 0 Å². The number of carbonyl (C=O) groups is 1. The molecule has 7 heteroatoms. The van der Waals surface area contributed by atoms with Crippen molar-refractivity contribution in [2.45, 2.75) is 26.3 Å². The number of halogens is 1. The van der Waals surface area contributed by atoms with Crippen molar-refractivity contribution in [3.05, 3.63) is 81.2 Å². The number of para-hydroxylation sites is 1. The first kappa shape index (κ1) is 21.4. The number of hydrogen-bond acceptors (Lipinski definition) is 3. The molecular formula is C24H27ClN4O2. The fourth-order valence-electron chi connectivity index (χ4n) is 4.16. The molecule has 0 unspecified atom stereocenters. The Bertz CT molecular complexity index is 1130. The van der Waals surface area contributed by atoms with E-state index >= 15 is 0 Å². The summed E-state index contributed by atoms with van der Waals surface area (Å²) in [6.07, 6.45) is 1.52. The molecule has 2 heterocycles. The Labute approximate surface area is 187 Å². The molecule has 0 saturated carbocycles. The molecule has 162 valence electrons. The highest BCUT2D eigenvalue weighted by molar-refractivity contribution is 6.31. The van der Waals surface area contributed by atoms with Crippen LogP contribution in [0.4, 0.5) is 5.69 Å². The lowest BCUT2D eigenvalue weighted by Crippen LogP contribution is -2.38. The molecule has 6 nitrogen and oxygen atoms in total. The molecule has 1 aliphatic heterocycles. The lowest BCUT2D eigenvalue weighted by molar-refractivity contribution is -0.121. The van der Waals surface area contributed by atoms with E-state index in [1.807, 2.05) is 68.6 Å². The fourth-order valence-corrected chi connectivity index (χ4v) is 4.35. The van der Waals surface area contributed by atoms with Gasteiger partial charge in [-0.1, -0.05) is 48.0 Å². The summed E-state index contributed by atoms with van der Waals surface area (Å²) in [6.45, 7) is 4.28. The molecule has 3 aromatic rings. The van der Waals surface area contributed by atoms with E-state index in [1.165, 1.54) is 0 Å². The molecule has 1 aliphatic rings. The average Bonchev–Trinajstić information content (AvgIpc) is 2.99. The number of nitrogens with one attached hydrogen (secondary N) is 1. The maximum atomic E-state index is 13.0. The van der Waals surface area contributed by atoms with Crippen LogP contribution in [0.5, 0.6) is 0 Å².